The van der Waals surface area contributed by atoms with Crippen LogP contribution in [0.4, 0.5) is 32.2 Å². The number of pyridine rings is 2. The van der Waals surface area contributed by atoms with Crippen molar-refractivity contribution in [2.75, 3.05) is 18.7 Å². The molecule has 6 aromatic heterocycles. The summed E-state index contributed by atoms with van der Waals surface area (Å²) < 4.78 is 88.6. The normalized spacial score (nSPS) is 12.6. The lowest BCUT2D eigenvalue weighted by Crippen LogP contribution is -2.08. The van der Waals surface area contributed by atoms with Crippen molar-refractivity contribution in [2.45, 2.75) is 18.8 Å². The lowest BCUT2D eigenvalue weighted by Gasteiger charge is -2.09. The van der Waals surface area contributed by atoms with Crippen LogP contribution in [0.15, 0.2) is 79.4 Å². The lowest BCUT2D eigenvalue weighted by molar-refractivity contribution is -0.135. The number of fused-ring (bicyclic) bond motifs is 3. The number of hydrogen-bond acceptors (Lipinski definition) is 11. The van der Waals surface area contributed by atoms with Gasteiger partial charge in [0, 0.05) is 47.8 Å². The molecule has 8 rings (SSSR count). The van der Waals surface area contributed by atoms with Gasteiger partial charge in [-0.2, -0.15) is 26.3 Å². The molecule has 0 saturated heterocycles. The summed E-state index contributed by atoms with van der Waals surface area (Å²) in [5.74, 6) is 2.33. The number of rotatable bonds is 6. The number of nitrogens with zero attached hydrogens (tertiary/aromatic N) is 6. The van der Waals surface area contributed by atoms with E-state index in [4.69, 9.17) is 21.1 Å². The fourth-order valence-electron chi connectivity index (χ4n) is 4.89. The molecule has 0 atom stereocenters. The standard InChI is InChI=1S/C21H15F3N4O2S.C12H5ClF3N3S/c22-21(23,24)17-9-14-19(26-7-5-12-3-4-15-16(8-12)30-11-29-15)27-18(28-20(14)31-17)13-2-1-6-25-10-13;13-9-7-4-8(12(14,15)16)20-11(7)19-10(18-9)6-2-1-3-17-5-6/h1-4,6,8-10H,5,7,11H2,(H,26,27,28);1-5H. The Labute approximate surface area is 297 Å². The number of anilines is 1. The molecule has 0 amide bonds. The van der Waals surface area contributed by atoms with Crippen LogP contribution in [0, 0.1) is 0 Å². The van der Waals surface area contributed by atoms with Crippen molar-refractivity contribution in [3.05, 3.63) is 99.9 Å². The number of alkyl halides is 6. The predicted octanol–water partition coefficient (Wildman–Crippen LogP) is 9.58. The van der Waals surface area contributed by atoms with Crippen LogP contribution in [0.1, 0.15) is 15.3 Å². The van der Waals surface area contributed by atoms with Crippen LogP contribution in [-0.4, -0.2) is 43.2 Å². The Kier molecular flexibility index (Phi) is 9.34. The summed E-state index contributed by atoms with van der Waals surface area (Å²) in [5.41, 5.74) is 2.24. The second kappa shape index (κ2) is 13.9. The lowest BCUT2D eigenvalue weighted by atomic mass is 10.1. The van der Waals surface area contributed by atoms with Gasteiger partial charge in [0.25, 0.3) is 0 Å². The molecule has 7 heterocycles. The Hall–Kier alpha value is -5.13. The molecule has 1 N–H and O–H groups in total. The van der Waals surface area contributed by atoms with E-state index in [1.54, 1.807) is 42.9 Å². The summed E-state index contributed by atoms with van der Waals surface area (Å²) in [6.45, 7) is 0.669. The fourth-order valence-corrected chi connectivity index (χ4v) is 6.97. The summed E-state index contributed by atoms with van der Waals surface area (Å²) in [6.07, 6.45) is -1.94. The van der Waals surface area contributed by atoms with E-state index in [2.05, 4.69) is 35.2 Å². The highest BCUT2D eigenvalue weighted by Crippen LogP contribution is 2.41. The minimum Gasteiger partial charge on any atom is -0.454 e. The van der Waals surface area contributed by atoms with Gasteiger partial charge < -0.3 is 14.8 Å². The Morgan fingerprint density at radius 3 is 1.90 bits per heavy atom. The molecule has 51 heavy (non-hydrogen) atoms. The quantitative estimate of drug-likeness (QED) is 0.131. The second-order valence-electron chi connectivity index (χ2n) is 10.7. The molecule has 1 aliphatic rings. The van der Waals surface area contributed by atoms with Gasteiger partial charge in [-0.3, -0.25) is 9.97 Å². The van der Waals surface area contributed by atoms with Gasteiger partial charge in [-0.05, 0) is 60.5 Å². The topological polar surface area (TPSA) is 108 Å². The van der Waals surface area contributed by atoms with Crippen LogP contribution in [0.2, 0.25) is 5.15 Å². The molecule has 0 radical (unpaired) electrons. The maximum atomic E-state index is 13.3. The third kappa shape index (κ3) is 7.64. The number of halogens is 7. The first-order valence-corrected chi connectivity index (χ1v) is 16.8. The Balaban J connectivity index is 0.000000175. The third-order valence-corrected chi connectivity index (χ3v) is 9.72. The molecular weight excluding hydrogens is 740 g/mol. The molecular formula is C33H20ClF6N7O2S2. The van der Waals surface area contributed by atoms with Crippen LogP contribution in [0.3, 0.4) is 0 Å². The van der Waals surface area contributed by atoms with Crippen molar-refractivity contribution >= 4 is 60.5 Å². The molecule has 0 bridgehead atoms. The van der Waals surface area contributed by atoms with Crippen LogP contribution < -0.4 is 14.8 Å². The van der Waals surface area contributed by atoms with Crippen LogP contribution in [0.25, 0.3) is 43.2 Å². The molecule has 0 spiro atoms. The average Bonchev–Trinajstić information content (AvgIpc) is 3.88. The first-order chi connectivity index (χ1) is 24.4. The monoisotopic (exact) mass is 759 g/mol. The van der Waals surface area contributed by atoms with Gasteiger partial charge in [-0.15, -0.1) is 22.7 Å². The molecule has 0 fully saturated rings. The first-order valence-electron chi connectivity index (χ1n) is 14.8. The maximum Gasteiger partial charge on any atom is 0.425 e. The summed E-state index contributed by atoms with van der Waals surface area (Å²) in [5, 5.41) is 3.72. The molecule has 260 valence electrons. The molecule has 0 unspecified atom stereocenters. The highest BCUT2D eigenvalue weighted by Gasteiger charge is 2.35. The summed E-state index contributed by atoms with van der Waals surface area (Å²) >= 11 is 7.09. The van der Waals surface area contributed by atoms with Gasteiger partial charge in [0.2, 0.25) is 6.79 Å². The second-order valence-corrected chi connectivity index (χ2v) is 13.2. The number of benzene rings is 1. The van der Waals surface area contributed by atoms with E-state index < -0.39 is 22.1 Å². The highest BCUT2D eigenvalue weighted by atomic mass is 35.5. The van der Waals surface area contributed by atoms with E-state index in [1.807, 2.05) is 18.2 Å². The number of thiophene rings is 2. The van der Waals surface area contributed by atoms with Crippen molar-refractivity contribution in [1.29, 1.82) is 0 Å². The molecule has 1 aliphatic heterocycles. The summed E-state index contributed by atoms with van der Waals surface area (Å²) in [4.78, 5) is 24.0. The maximum absolute atomic E-state index is 13.3. The van der Waals surface area contributed by atoms with E-state index in [1.165, 1.54) is 6.20 Å². The van der Waals surface area contributed by atoms with Gasteiger partial charge >= 0.3 is 12.4 Å². The van der Waals surface area contributed by atoms with Crippen molar-refractivity contribution in [1.82, 2.24) is 29.9 Å². The molecule has 0 aliphatic carbocycles. The van der Waals surface area contributed by atoms with Gasteiger partial charge in [-0.25, -0.2) is 19.9 Å². The van der Waals surface area contributed by atoms with Gasteiger partial charge in [-0.1, -0.05) is 17.7 Å². The molecule has 1 aromatic carbocycles. The first kappa shape index (κ1) is 34.3. The van der Waals surface area contributed by atoms with Crippen molar-refractivity contribution in [3.63, 3.8) is 0 Å². The Morgan fingerprint density at radius 1 is 0.706 bits per heavy atom. The SMILES string of the molecule is FC(F)(F)c1cc2c(Cl)nc(-c3cccnc3)nc2s1.FC(F)(F)c1cc2c(NCCc3ccc4c(c3)OCO4)nc(-c3cccnc3)nc2s1. The zero-order valence-electron chi connectivity index (χ0n) is 25.6. The van der Waals surface area contributed by atoms with Crippen molar-refractivity contribution < 1.29 is 35.8 Å². The number of nitrogens with one attached hydrogen (secondary N) is 1. The number of aromatic nitrogens is 6. The van der Waals surface area contributed by atoms with E-state index in [-0.39, 0.29) is 32.8 Å². The summed E-state index contributed by atoms with van der Waals surface area (Å²) in [6, 6.07) is 14.6. The Morgan fingerprint density at radius 2 is 1.29 bits per heavy atom. The minimum atomic E-state index is -4.44. The van der Waals surface area contributed by atoms with Gasteiger partial charge in [0.15, 0.2) is 23.1 Å². The van der Waals surface area contributed by atoms with Gasteiger partial charge in [0.1, 0.15) is 30.4 Å². The van der Waals surface area contributed by atoms with Crippen molar-refractivity contribution in [2.24, 2.45) is 0 Å². The molecule has 9 nitrogen and oxygen atoms in total. The Bertz CT molecular complexity index is 2340. The highest BCUT2D eigenvalue weighted by molar-refractivity contribution is 7.19. The van der Waals surface area contributed by atoms with E-state index >= 15 is 0 Å². The van der Waals surface area contributed by atoms with Crippen molar-refractivity contribution in [3.8, 4) is 34.3 Å². The smallest absolute Gasteiger partial charge is 0.425 e. The van der Waals surface area contributed by atoms with E-state index in [9.17, 15) is 26.3 Å². The van der Waals surface area contributed by atoms with Crippen LogP contribution >= 0.6 is 34.3 Å². The zero-order chi connectivity index (χ0) is 35.8. The van der Waals surface area contributed by atoms with E-state index in [0.717, 1.165) is 17.7 Å². The number of ether oxygens (including phenoxy) is 2. The zero-order valence-corrected chi connectivity index (χ0v) is 28.0. The minimum absolute atomic E-state index is 0.000558. The van der Waals surface area contributed by atoms with E-state index in [0.29, 0.717) is 75.3 Å². The van der Waals surface area contributed by atoms with Gasteiger partial charge in [0.05, 0.1) is 5.39 Å². The largest absolute Gasteiger partial charge is 0.454 e. The fraction of sp³-hybridized carbons (Fsp3) is 0.152. The number of hydrogen-bond donors (Lipinski definition) is 1. The van der Waals surface area contributed by atoms with Crippen LogP contribution in [-0.2, 0) is 18.8 Å². The molecule has 18 heteroatoms. The van der Waals surface area contributed by atoms with Crippen LogP contribution in [0.5, 0.6) is 11.5 Å². The molecule has 7 aromatic rings. The molecule has 0 saturated carbocycles. The average molecular weight is 760 g/mol. The summed E-state index contributed by atoms with van der Waals surface area (Å²) in [7, 11) is 0. The predicted molar refractivity (Wildman–Crippen MR) is 181 cm³/mol. The third-order valence-electron chi connectivity index (χ3n) is 7.28.